The Morgan fingerprint density at radius 2 is 1.75 bits per heavy atom. The standard InChI is InChI=1S/C28H29ClN6O4S/c1-3-40(38,39)33-27(36)21-17-31-35-25(21)30-16-22(26(35)32-24-11-7-10-23(29)18(24)2)28(37)34-14-12-20(13-15-34)19-8-5-4-6-9-19/h4-11,16-17,20,32H,3,12-15H2,1-2H3,(H,33,36). The Morgan fingerprint density at radius 3 is 2.45 bits per heavy atom. The number of sulfonamides is 1. The molecule has 4 aromatic rings. The van der Waals surface area contributed by atoms with Gasteiger partial charge in [0.1, 0.15) is 16.9 Å². The molecule has 10 nitrogen and oxygen atoms in total. The highest BCUT2D eigenvalue weighted by molar-refractivity contribution is 7.90. The maximum Gasteiger partial charge on any atom is 0.270 e. The summed E-state index contributed by atoms with van der Waals surface area (Å²) in [4.78, 5) is 32.8. The number of aromatic nitrogens is 3. The first-order valence-electron chi connectivity index (χ1n) is 13.0. The summed E-state index contributed by atoms with van der Waals surface area (Å²) in [6, 6.07) is 15.6. The Morgan fingerprint density at radius 1 is 1.02 bits per heavy atom. The molecule has 2 N–H and O–H groups in total. The molecule has 3 heterocycles. The van der Waals surface area contributed by atoms with Gasteiger partial charge in [-0.2, -0.15) is 9.61 Å². The Bertz CT molecular complexity index is 1680. The van der Waals surface area contributed by atoms with Gasteiger partial charge in [-0.05, 0) is 55.9 Å². The number of hydrogen-bond donors (Lipinski definition) is 2. The summed E-state index contributed by atoms with van der Waals surface area (Å²) in [5.41, 5.74) is 3.00. The lowest BCUT2D eigenvalue weighted by Gasteiger charge is -2.32. The van der Waals surface area contributed by atoms with Crippen molar-refractivity contribution in [3.05, 3.63) is 88.2 Å². The van der Waals surface area contributed by atoms with Crippen LogP contribution in [0.1, 0.15) is 57.5 Å². The van der Waals surface area contributed by atoms with Crippen molar-refractivity contribution in [2.75, 3.05) is 24.2 Å². The van der Waals surface area contributed by atoms with Gasteiger partial charge < -0.3 is 10.2 Å². The van der Waals surface area contributed by atoms with E-state index in [-0.39, 0.29) is 28.4 Å². The van der Waals surface area contributed by atoms with E-state index < -0.39 is 15.9 Å². The second-order valence-electron chi connectivity index (χ2n) is 9.66. The summed E-state index contributed by atoms with van der Waals surface area (Å²) in [7, 11) is -3.80. The average molecular weight is 581 g/mol. The monoisotopic (exact) mass is 580 g/mol. The van der Waals surface area contributed by atoms with Gasteiger partial charge in [0, 0.05) is 30.0 Å². The van der Waals surface area contributed by atoms with Crippen LogP contribution in [0.5, 0.6) is 0 Å². The minimum absolute atomic E-state index is 0.0365. The molecule has 5 rings (SSSR count). The van der Waals surface area contributed by atoms with Crippen LogP contribution in [-0.4, -0.2) is 58.6 Å². The number of rotatable bonds is 7. The topological polar surface area (TPSA) is 126 Å². The molecule has 0 atom stereocenters. The molecule has 1 aliphatic rings. The van der Waals surface area contributed by atoms with Crippen LogP contribution in [0.3, 0.4) is 0 Å². The maximum atomic E-state index is 13.8. The van der Waals surface area contributed by atoms with Gasteiger partial charge in [0.15, 0.2) is 5.65 Å². The van der Waals surface area contributed by atoms with Crippen LogP contribution in [0.4, 0.5) is 11.5 Å². The van der Waals surface area contributed by atoms with Gasteiger partial charge in [-0.1, -0.05) is 48.0 Å². The number of hydrogen-bond acceptors (Lipinski definition) is 7. The fourth-order valence-corrected chi connectivity index (χ4v) is 5.53. The second kappa shape index (κ2) is 11.3. The average Bonchev–Trinajstić information content (AvgIpc) is 3.40. The Hall–Kier alpha value is -3.96. The van der Waals surface area contributed by atoms with Crippen molar-refractivity contribution in [2.24, 2.45) is 0 Å². The number of fused-ring (bicyclic) bond motifs is 1. The van der Waals surface area contributed by atoms with Gasteiger partial charge >= 0.3 is 0 Å². The molecule has 0 aliphatic carbocycles. The molecule has 0 saturated carbocycles. The molecule has 1 fully saturated rings. The number of carbonyl (C=O) groups is 2. The molecular formula is C28H29ClN6O4S. The number of anilines is 2. The lowest BCUT2D eigenvalue weighted by atomic mass is 9.89. The zero-order valence-corrected chi connectivity index (χ0v) is 23.7. The summed E-state index contributed by atoms with van der Waals surface area (Å²) >= 11 is 6.35. The molecule has 40 heavy (non-hydrogen) atoms. The van der Waals surface area contributed by atoms with Crippen LogP contribution in [-0.2, 0) is 10.0 Å². The summed E-state index contributed by atoms with van der Waals surface area (Å²) in [5.74, 6) is -0.659. The summed E-state index contributed by atoms with van der Waals surface area (Å²) in [5, 5.41) is 8.12. The SMILES string of the molecule is CCS(=O)(=O)NC(=O)c1cnn2c(Nc3cccc(Cl)c3C)c(C(=O)N3CCC(c4ccccc4)CC3)cnc12. The maximum absolute atomic E-state index is 13.8. The first-order valence-corrected chi connectivity index (χ1v) is 15.0. The number of nitrogens with one attached hydrogen (secondary N) is 2. The number of carbonyl (C=O) groups excluding carboxylic acids is 2. The summed E-state index contributed by atoms with van der Waals surface area (Å²) in [6.07, 6.45) is 4.30. The van der Waals surface area contributed by atoms with Crippen molar-refractivity contribution in [3.8, 4) is 0 Å². The third-order valence-corrected chi connectivity index (χ3v) is 8.87. The molecule has 12 heteroatoms. The lowest BCUT2D eigenvalue weighted by Crippen LogP contribution is -2.38. The van der Waals surface area contributed by atoms with Crippen LogP contribution in [0.25, 0.3) is 5.65 Å². The van der Waals surface area contributed by atoms with Gasteiger partial charge in [-0.25, -0.2) is 18.1 Å². The van der Waals surface area contributed by atoms with Crippen molar-refractivity contribution in [3.63, 3.8) is 0 Å². The zero-order chi connectivity index (χ0) is 28.4. The fourth-order valence-electron chi connectivity index (χ4n) is 4.82. The molecule has 0 radical (unpaired) electrons. The normalized spacial score (nSPS) is 14.3. The van der Waals surface area contributed by atoms with E-state index in [0.29, 0.717) is 35.5 Å². The van der Waals surface area contributed by atoms with Crippen LogP contribution < -0.4 is 10.0 Å². The molecule has 2 amide bonds. The third-order valence-electron chi connectivity index (χ3n) is 7.20. The molecule has 2 aromatic heterocycles. The highest BCUT2D eigenvalue weighted by Gasteiger charge is 2.29. The predicted molar refractivity (Wildman–Crippen MR) is 154 cm³/mol. The van der Waals surface area contributed by atoms with Gasteiger partial charge in [-0.15, -0.1) is 0 Å². The minimum Gasteiger partial charge on any atom is -0.339 e. The number of likely N-dealkylation sites (tertiary alicyclic amines) is 1. The van der Waals surface area contributed by atoms with Gasteiger partial charge in [-0.3, -0.25) is 9.59 Å². The first-order chi connectivity index (χ1) is 19.2. The van der Waals surface area contributed by atoms with E-state index in [1.165, 1.54) is 29.4 Å². The van der Waals surface area contributed by atoms with Gasteiger partial charge in [0.25, 0.3) is 11.8 Å². The smallest absolute Gasteiger partial charge is 0.270 e. The summed E-state index contributed by atoms with van der Waals surface area (Å²) in [6.45, 7) is 4.43. The molecule has 1 saturated heterocycles. The highest BCUT2D eigenvalue weighted by atomic mass is 35.5. The number of halogens is 1. The Balaban J connectivity index is 1.51. The van der Waals surface area contributed by atoms with E-state index >= 15 is 0 Å². The number of piperidine rings is 1. The number of benzene rings is 2. The molecule has 0 bridgehead atoms. The first kappa shape index (κ1) is 27.6. The van der Waals surface area contributed by atoms with Crippen LogP contribution in [0, 0.1) is 6.92 Å². The van der Waals surface area contributed by atoms with E-state index in [1.807, 2.05) is 35.9 Å². The van der Waals surface area contributed by atoms with Crippen molar-refractivity contribution < 1.29 is 18.0 Å². The molecule has 1 aliphatic heterocycles. The molecule has 2 aromatic carbocycles. The van der Waals surface area contributed by atoms with E-state index in [1.54, 1.807) is 17.0 Å². The van der Waals surface area contributed by atoms with Crippen molar-refractivity contribution in [1.29, 1.82) is 0 Å². The molecule has 0 spiro atoms. The van der Waals surface area contributed by atoms with Crippen LogP contribution in [0.2, 0.25) is 5.02 Å². The van der Waals surface area contributed by atoms with Crippen molar-refractivity contribution in [2.45, 2.75) is 32.6 Å². The largest absolute Gasteiger partial charge is 0.339 e. The molecule has 0 unspecified atom stereocenters. The van der Waals surface area contributed by atoms with E-state index in [0.717, 1.165) is 18.4 Å². The zero-order valence-electron chi connectivity index (χ0n) is 22.1. The Kier molecular flexibility index (Phi) is 7.77. The highest BCUT2D eigenvalue weighted by Crippen LogP contribution is 2.32. The lowest BCUT2D eigenvalue weighted by molar-refractivity contribution is 0.0713. The quantitative estimate of drug-likeness (QED) is 0.329. The number of amides is 2. The second-order valence-corrected chi connectivity index (χ2v) is 12.1. The van der Waals surface area contributed by atoms with Crippen LogP contribution >= 0.6 is 11.6 Å². The van der Waals surface area contributed by atoms with Gasteiger partial charge in [0.2, 0.25) is 10.0 Å². The summed E-state index contributed by atoms with van der Waals surface area (Å²) < 4.78 is 27.4. The Labute approximate surface area is 237 Å². The predicted octanol–water partition coefficient (Wildman–Crippen LogP) is 4.53. The molecule has 208 valence electrons. The van der Waals surface area contributed by atoms with E-state index in [4.69, 9.17) is 11.6 Å². The number of nitrogens with zero attached hydrogens (tertiary/aromatic N) is 4. The van der Waals surface area contributed by atoms with E-state index in [2.05, 4.69) is 27.5 Å². The third kappa shape index (κ3) is 5.52. The van der Waals surface area contributed by atoms with Crippen LogP contribution in [0.15, 0.2) is 60.9 Å². The molecular weight excluding hydrogens is 552 g/mol. The van der Waals surface area contributed by atoms with Crippen molar-refractivity contribution in [1.82, 2.24) is 24.2 Å². The van der Waals surface area contributed by atoms with Crippen molar-refractivity contribution >= 4 is 50.6 Å². The minimum atomic E-state index is -3.80. The van der Waals surface area contributed by atoms with Gasteiger partial charge in [0.05, 0.1) is 11.9 Å². The van der Waals surface area contributed by atoms with E-state index in [9.17, 15) is 18.0 Å². The fraction of sp³-hybridized carbons (Fsp3) is 0.286.